The maximum Gasteiger partial charge on any atom is 0.232 e. The zero-order valence-corrected chi connectivity index (χ0v) is 13.8. The summed E-state index contributed by atoms with van der Waals surface area (Å²) in [5.74, 6) is 0.120. The third-order valence-electron chi connectivity index (χ3n) is 3.44. The number of amides is 1. The van der Waals surface area contributed by atoms with E-state index < -0.39 is 0 Å². The number of rotatable bonds is 8. The van der Waals surface area contributed by atoms with Gasteiger partial charge in [0.25, 0.3) is 0 Å². The summed E-state index contributed by atoms with van der Waals surface area (Å²) in [6.45, 7) is 1.65. The Morgan fingerprint density at radius 2 is 1.74 bits per heavy atom. The fraction of sp³-hybridized carbons (Fsp3) is 0.278. The molecule has 0 aliphatic carbocycles. The molecule has 0 saturated heterocycles. The minimum absolute atomic E-state index is 0.0562. The standard InChI is InChI=1S/C18H21FN2OS/c19-16-6-8-17(9-7-16)23-14-18(22)21(13-11-20)12-10-15-4-2-1-3-5-15/h1-9H,10-14,20H2. The molecule has 122 valence electrons. The number of hydrogen-bond acceptors (Lipinski definition) is 3. The van der Waals surface area contributed by atoms with Gasteiger partial charge in [-0.3, -0.25) is 4.79 Å². The highest BCUT2D eigenvalue weighted by atomic mass is 32.2. The van der Waals surface area contributed by atoms with Gasteiger partial charge < -0.3 is 10.6 Å². The molecule has 23 heavy (non-hydrogen) atoms. The maximum absolute atomic E-state index is 12.9. The number of nitrogens with zero attached hydrogens (tertiary/aromatic N) is 1. The van der Waals surface area contributed by atoms with Gasteiger partial charge in [-0.25, -0.2) is 4.39 Å². The Kier molecular flexibility index (Phi) is 7.10. The van der Waals surface area contributed by atoms with Crippen LogP contribution in [0.2, 0.25) is 0 Å². The molecule has 5 heteroatoms. The first-order valence-electron chi connectivity index (χ1n) is 7.59. The summed E-state index contributed by atoms with van der Waals surface area (Å²) in [5.41, 5.74) is 6.82. The number of nitrogens with two attached hydrogens (primary N) is 1. The normalized spacial score (nSPS) is 10.5. The Hall–Kier alpha value is -1.85. The number of hydrogen-bond donors (Lipinski definition) is 1. The summed E-state index contributed by atoms with van der Waals surface area (Å²) in [5, 5.41) is 0. The highest BCUT2D eigenvalue weighted by molar-refractivity contribution is 8.00. The highest BCUT2D eigenvalue weighted by Gasteiger charge is 2.13. The average molecular weight is 332 g/mol. The van der Waals surface area contributed by atoms with Crippen molar-refractivity contribution in [2.75, 3.05) is 25.4 Å². The third kappa shape index (κ3) is 6.04. The van der Waals surface area contributed by atoms with Gasteiger partial charge in [-0.2, -0.15) is 0 Å². The van der Waals surface area contributed by atoms with E-state index in [1.165, 1.54) is 29.5 Å². The number of benzene rings is 2. The molecule has 2 N–H and O–H groups in total. The second kappa shape index (κ2) is 9.33. The maximum atomic E-state index is 12.9. The van der Waals surface area contributed by atoms with E-state index in [1.807, 2.05) is 18.2 Å². The van der Waals surface area contributed by atoms with E-state index in [0.717, 1.165) is 11.3 Å². The van der Waals surface area contributed by atoms with Crippen molar-refractivity contribution in [3.63, 3.8) is 0 Å². The smallest absolute Gasteiger partial charge is 0.232 e. The minimum atomic E-state index is -0.270. The Bertz CT molecular complexity index is 604. The summed E-state index contributed by atoms with van der Waals surface area (Å²) in [6.07, 6.45) is 0.813. The topological polar surface area (TPSA) is 46.3 Å². The van der Waals surface area contributed by atoms with Crippen molar-refractivity contribution in [2.24, 2.45) is 5.73 Å². The summed E-state index contributed by atoms with van der Waals surface area (Å²) < 4.78 is 12.9. The first-order chi connectivity index (χ1) is 11.2. The quantitative estimate of drug-likeness (QED) is 0.756. The molecule has 3 nitrogen and oxygen atoms in total. The summed E-state index contributed by atoms with van der Waals surface area (Å²) in [6, 6.07) is 16.3. The molecule has 0 spiro atoms. The van der Waals surface area contributed by atoms with Crippen LogP contribution in [0.1, 0.15) is 5.56 Å². The molecule has 0 unspecified atom stereocenters. The average Bonchev–Trinajstić information content (AvgIpc) is 2.58. The largest absolute Gasteiger partial charge is 0.340 e. The van der Waals surface area contributed by atoms with Gasteiger partial charge >= 0.3 is 0 Å². The van der Waals surface area contributed by atoms with Gasteiger partial charge in [0, 0.05) is 24.5 Å². The summed E-state index contributed by atoms with van der Waals surface area (Å²) in [4.78, 5) is 15.1. The van der Waals surface area contributed by atoms with E-state index in [1.54, 1.807) is 17.0 Å². The first kappa shape index (κ1) is 17.5. The lowest BCUT2D eigenvalue weighted by atomic mass is 10.1. The number of carbonyl (C=O) groups is 1. The third-order valence-corrected chi connectivity index (χ3v) is 4.44. The van der Waals surface area contributed by atoms with Crippen molar-refractivity contribution < 1.29 is 9.18 Å². The van der Waals surface area contributed by atoms with Gasteiger partial charge in [-0.1, -0.05) is 30.3 Å². The van der Waals surface area contributed by atoms with Crippen LogP contribution in [0.25, 0.3) is 0 Å². The molecule has 1 amide bonds. The molecule has 0 heterocycles. The zero-order valence-electron chi connectivity index (χ0n) is 13.0. The molecule has 0 bridgehead atoms. The Morgan fingerprint density at radius 3 is 2.39 bits per heavy atom. The molecule has 2 aromatic carbocycles. The second-order valence-electron chi connectivity index (χ2n) is 5.15. The van der Waals surface area contributed by atoms with Crippen LogP contribution < -0.4 is 5.73 Å². The van der Waals surface area contributed by atoms with Crippen LogP contribution in [0, 0.1) is 5.82 Å². The lowest BCUT2D eigenvalue weighted by Crippen LogP contribution is -2.38. The van der Waals surface area contributed by atoms with Crippen LogP contribution in [-0.2, 0) is 11.2 Å². The van der Waals surface area contributed by atoms with Crippen LogP contribution in [0.15, 0.2) is 59.5 Å². The van der Waals surface area contributed by atoms with E-state index in [2.05, 4.69) is 12.1 Å². The van der Waals surface area contributed by atoms with Crippen molar-refractivity contribution >= 4 is 17.7 Å². The van der Waals surface area contributed by atoms with Crippen LogP contribution in [0.5, 0.6) is 0 Å². The molecule has 0 radical (unpaired) electrons. The lowest BCUT2D eigenvalue weighted by Gasteiger charge is -2.22. The number of thioether (sulfide) groups is 1. The predicted octanol–water partition coefficient (Wildman–Crippen LogP) is 2.95. The van der Waals surface area contributed by atoms with Crippen molar-refractivity contribution in [1.29, 1.82) is 0 Å². The molecule has 0 atom stereocenters. The molecule has 0 saturated carbocycles. The highest BCUT2D eigenvalue weighted by Crippen LogP contribution is 2.18. The van der Waals surface area contributed by atoms with Gasteiger partial charge in [-0.15, -0.1) is 11.8 Å². The number of halogens is 1. The van der Waals surface area contributed by atoms with Crippen LogP contribution in [0.3, 0.4) is 0 Å². The first-order valence-corrected chi connectivity index (χ1v) is 8.57. The van der Waals surface area contributed by atoms with E-state index in [0.29, 0.717) is 25.4 Å². The van der Waals surface area contributed by atoms with Gasteiger partial charge in [0.05, 0.1) is 5.75 Å². The molecular formula is C18H21FN2OS. The van der Waals surface area contributed by atoms with Crippen LogP contribution >= 0.6 is 11.8 Å². The Labute approximate surface area is 140 Å². The van der Waals surface area contributed by atoms with E-state index in [9.17, 15) is 9.18 Å². The van der Waals surface area contributed by atoms with Crippen LogP contribution in [-0.4, -0.2) is 36.2 Å². The fourth-order valence-corrected chi connectivity index (χ4v) is 2.99. The Balaban J connectivity index is 1.86. The SMILES string of the molecule is NCCN(CCc1ccccc1)C(=O)CSc1ccc(F)cc1. The van der Waals surface area contributed by atoms with Crippen molar-refractivity contribution in [2.45, 2.75) is 11.3 Å². The van der Waals surface area contributed by atoms with Gasteiger partial charge in [0.15, 0.2) is 0 Å². The molecule has 0 fully saturated rings. The van der Waals surface area contributed by atoms with Crippen molar-refractivity contribution in [3.05, 3.63) is 66.0 Å². The second-order valence-corrected chi connectivity index (χ2v) is 6.20. The van der Waals surface area contributed by atoms with Crippen molar-refractivity contribution in [1.82, 2.24) is 4.90 Å². The van der Waals surface area contributed by atoms with E-state index in [-0.39, 0.29) is 11.7 Å². The van der Waals surface area contributed by atoms with E-state index >= 15 is 0 Å². The molecule has 0 aromatic heterocycles. The minimum Gasteiger partial charge on any atom is -0.340 e. The van der Waals surface area contributed by atoms with E-state index in [4.69, 9.17) is 5.73 Å². The summed E-state index contributed by atoms with van der Waals surface area (Å²) >= 11 is 1.41. The summed E-state index contributed by atoms with van der Waals surface area (Å²) in [7, 11) is 0. The zero-order chi connectivity index (χ0) is 16.5. The Morgan fingerprint density at radius 1 is 1.04 bits per heavy atom. The van der Waals surface area contributed by atoms with Gasteiger partial charge in [0.1, 0.15) is 5.82 Å². The fourth-order valence-electron chi connectivity index (χ4n) is 2.19. The molecule has 2 aromatic rings. The molecular weight excluding hydrogens is 311 g/mol. The predicted molar refractivity (Wildman–Crippen MR) is 92.9 cm³/mol. The van der Waals surface area contributed by atoms with Crippen LogP contribution in [0.4, 0.5) is 4.39 Å². The molecule has 0 aliphatic heterocycles. The van der Waals surface area contributed by atoms with Crippen molar-refractivity contribution in [3.8, 4) is 0 Å². The lowest BCUT2D eigenvalue weighted by molar-refractivity contribution is -0.128. The number of carbonyl (C=O) groups excluding carboxylic acids is 1. The monoisotopic (exact) mass is 332 g/mol. The molecule has 2 rings (SSSR count). The van der Waals surface area contributed by atoms with Gasteiger partial charge in [0.2, 0.25) is 5.91 Å². The van der Waals surface area contributed by atoms with Gasteiger partial charge in [-0.05, 0) is 36.2 Å². The molecule has 0 aliphatic rings.